The van der Waals surface area contributed by atoms with Gasteiger partial charge in [-0.3, -0.25) is 0 Å². The molecule has 0 amide bonds. The lowest BCUT2D eigenvalue weighted by molar-refractivity contribution is 0.979. The van der Waals surface area contributed by atoms with Gasteiger partial charge in [-0.1, -0.05) is 212 Å². The maximum Gasteiger partial charge on any atom is 0.160 e. The van der Waals surface area contributed by atoms with E-state index in [9.17, 15) is 0 Å². The van der Waals surface area contributed by atoms with Gasteiger partial charge >= 0.3 is 0 Å². The fourth-order valence-electron chi connectivity index (χ4n) is 8.38. The molecule has 11 rings (SSSR count). The van der Waals surface area contributed by atoms with Gasteiger partial charge in [0.05, 0.1) is 22.6 Å². The van der Waals surface area contributed by atoms with Gasteiger partial charge in [0.25, 0.3) is 0 Å². The first kappa shape index (κ1) is 35.9. The SMILES string of the molecule is c1ccc(-c2ccc(-c3cc(-c4ccc(-c5ccccc5)cc4)nc(-c4ccc5c(c4)cc(-c4ccccc4)n4nc(-c6ccccc6)c(-c6ccccc6)c54)n3)cc2)cc1. The van der Waals surface area contributed by atoms with Gasteiger partial charge in [0.2, 0.25) is 0 Å². The molecule has 0 atom stereocenters. The number of fused-ring (bicyclic) bond motifs is 3. The van der Waals surface area contributed by atoms with E-state index in [1.54, 1.807) is 0 Å². The third-order valence-corrected chi connectivity index (χ3v) is 11.5. The summed E-state index contributed by atoms with van der Waals surface area (Å²) < 4.78 is 2.13. The molecule has 3 heterocycles. The standard InChI is InChI=1S/C57H38N4/c1-6-16-39(17-7-1)41-26-30-43(31-27-41)51-38-52(44-32-28-42(29-33-44)40-18-8-2-9-19-40)59-57(58-51)48-34-35-50-49(36-48)37-53(45-20-10-3-11-21-45)61-56(50)54(46-22-12-4-13-23-46)55(60-61)47-24-14-5-15-25-47/h1-38H. The molecule has 0 aliphatic rings. The molecule has 0 aliphatic heterocycles. The quantitative estimate of drug-likeness (QED) is 0.154. The van der Waals surface area contributed by atoms with Crippen molar-refractivity contribution in [3.05, 3.63) is 231 Å². The Kier molecular flexibility index (Phi) is 9.14. The van der Waals surface area contributed by atoms with E-state index in [1.807, 2.05) is 12.1 Å². The Morgan fingerprint density at radius 2 is 0.721 bits per heavy atom. The normalized spacial score (nSPS) is 11.3. The first-order valence-electron chi connectivity index (χ1n) is 20.6. The summed E-state index contributed by atoms with van der Waals surface area (Å²) in [6.45, 7) is 0. The first-order chi connectivity index (χ1) is 30.2. The summed E-state index contributed by atoms with van der Waals surface area (Å²) >= 11 is 0. The van der Waals surface area contributed by atoms with Crippen molar-refractivity contribution in [3.8, 4) is 89.8 Å². The molecule has 4 nitrogen and oxygen atoms in total. The smallest absolute Gasteiger partial charge is 0.160 e. The summed E-state index contributed by atoms with van der Waals surface area (Å²) in [5.41, 5.74) is 16.8. The van der Waals surface area contributed by atoms with Gasteiger partial charge in [0, 0.05) is 38.8 Å². The largest absolute Gasteiger partial charge is 0.231 e. The molecule has 3 aromatic heterocycles. The van der Waals surface area contributed by atoms with E-state index in [-0.39, 0.29) is 0 Å². The van der Waals surface area contributed by atoms with Gasteiger partial charge < -0.3 is 0 Å². The third kappa shape index (κ3) is 6.86. The maximum atomic E-state index is 5.40. The summed E-state index contributed by atoms with van der Waals surface area (Å²) in [5, 5.41) is 7.58. The molecule has 0 saturated heterocycles. The molecular formula is C57H38N4. The van der Waals surface area contributed by atoms with Crippen LogP contribution in [0.3, 0.4) is 0 Å². The Balaban J connectivity index is 1.11. The van der Waals surface area contributed by atoms with Gasteiger partial charge in [-0.15, -0.1) is 0 Å². The minimum Gasteiger partial charge on any atom is -0.231 e. The van der Waals surface area contributed by atoms with Crippen molar-refractivity contribution in [1.82, 2.24) is 19.6 Å². The Labute approximate surface area is 354 Å². The summed E-state index contributed by atoms with van der Waals surface area (Å²) in [5.74, 6) is 0.663. The molecule has 0 radical (unpaired) electrons. The van der Waals surface area contributed by atoms with E-state index < -0.39 is 0 Å². The van der Waals surface area contributed by atoms with Crippen LogP contribution in [0.4, 0.5) is 0 Å². The summed E-state index contributed by atoms with van der Waals surface area (Å²) in [6.07, 6.45) is 0. The Hall–Kier alpha value is -8.21. The van der Waals surface area contributed by atoms with E-state index in [1.165, 1.54) is 11.1 Å². The molecule has 11 aromatic rings. The van der Waals surface area contributed by atoms with Crippen LogP contribution in [0, 0.1) is 0 Å². The highest BCUT2D eigenvalue weighted by Crippen LogP contribution is 2.42. The van der Waals surface area contributed by atoms with E-state index in [0.717, 1.165) is 89.1 Å². The van der Waals surface area contributed by atoms with E-state index in [2.05, 4.69) is 223 Å². The van der Waals surface area contributed by atoms with Crippen molar-refractivity contribution >= 4 is 16.3 Å². The molecular weight excluding hydrogens is 741 g/mol. The van der Waals surface area contributed by atoms with Crippen LogP contribution in [0.5, 0.6) is 0 Å². The van der Waals surface area contributed by atoms with Crippen LogP contribution in [0.1, 0.15) is 0 Å². The average molecular weight is 779 g/mol. The fourth-order valence-corrected chi connectivity index (χ4v) is 8.38. The van der Waals surface area contributed by atoms with Crippen LogP contribution in [-0.4, -0.2) is 19.6 Å². The number of benzene rings is 8. The maximum absolute atomic E-state index is 5.40. The highest BCUT2D eigenvalue weighted by Gasteiger charge is 2.22. The van der Waals surface area contributed by atoms with Gasteiger partial charge in [-0.25, -0.2) is 14.5 Å². The number of pyridine rings is 1. The summed E-state index contributed by atoms with van der Waals surface area (Å²) in [6, 6.07) is 80.9. The molecule has 8 aromatic carbocycles. The molecule has 0 bridgehead atoms. The van der Waals surface area contributed by atoms with Crippen molar-refractivity contribution in [2.45, 2.75) is 0 Å². The minimum absolute atomic E-state index is 0.663. The number of hydrogen-bond acceptors (Lipinski definition) is 3. The summed E-state index contributed by atoms with van der Waals surface area (Å²) in [4.78, 5) is 10.6. The zero-order valence-corrected chi connectivity index (χ0v) is 33.2. The average Bonchev–Trinajstić information content (AvgIpc) is 3.76. The van der Waals surface area contributed by atoms with Crippen LogP contribution in [-0.2, 0) is 0 Å². The van der Waals surface area contributed by atoms with Crippen molar-refractivity contribution in [2.24, 2.45) is 0 Å². The second-order valence-electron chi connectivity index (χ2n) is 15.3. The topological polar surface area (TPSA) is 43.1 Å². The number of rotatable bonds is 8. The van der Waals surface area contributed by atoms with E-state index in [4.69, 9.17) is 15.1 Å². The fraction of sp³-hybridized carbons (Fsp3) is 0. The van der Waals surface area contributed by atoms with E-state index in [0.29, 0.717) is 5.82 Å². The van der Waals surface area contributed by atoms with Crippen molar-refractivity contribution in [3.63, 3.8) is 0 Å². The van der Waals surface area contributed by atoms with Gasteiger partial charge in [-0.2, -0.15) is 5.10 Å². The Bertz CT molecular complexity index is 3190. The van der Waals surface area contributed by atoms with Crippen LogP contribution >= 0.6 is 0 Å². The lowest BCUT2D eigenvalue weighted by Gasteiger charge is -2.13. The van der Waals surface area contributed by atoms with Crippen molar-refractivity contribution in [2.75, 3.05) is 0 Å². The number of aromatic nitrogens is 4. The van der Waals surface area contributed by atoms with Crippen LogP contribution < -0.4 is 0 Å². The predicted molar refractivity (Wildman–Crippen MR) is 252 cm³/mol. The lowest BCUT2D eigenvalue weighted by atomic mass is 9.96. The molecule has 0 unspecified atom stereocenters. The van der Waals surface area contributed by atoms with Crippen molar-refractivity contribution < 1.29 is 0 Å². The van der Waals surface area contributed by atoms with E-state index >= 15 is 0 Å². The molecule has 0 fully saturated rings. The Morgan fingerprint density at radius 3 is 1.23 bits per heavy atom. The lowest BCUT2D eigenvalue weighted by Crippen LogP contribution is -1.98. The molecule has 286 valence electrons. The van der Waals surface area contributed by atoms with Crippen LogP contribution in [0.25, 0.3) is 106 Å². The Morgan fingerprint density at radius 1 is 0.311 bits per heavy atom. The first-order valence-corrected chi connectivity index (χ1v) is 20.6. The molecule has 0 aliphatic carbocycles. The highest BCUT2D eigenvalue weighted by molar-refractivity contribution is 6.09. The zero-order valence-electron chi connectivity index (χ0n) is 33.2. The number of hydrogen-bond donors (Lipinski definition) is 0. The number of nitrogens with zero attached hydrogens (tertiary/aromatic N) is 4. The van der Waals surface area contributed by atoms with Gasteiger partial charge in [0.1, 0.15) is 5.69 Å². The monoisotopic (exact) mass is 778 g/mol. The molecule has 0 spiro atoms. The zero-order chi connectivity index (χ0) is 40.5. The third-order valence-electron chi connectivity index (χ3n) is 11.5. The van der Waals surface area contributed by atoms with Gasteiger partial charge in [0.15, 0.2) is 5.82 Å². The second-order valence-corrected chi connectivity index (χ2v) is 15.3. The molecule has 4 heteroatoms. The second kappa shape index (κ2) is 15.5. The minimum atomic E-state index is 0.663. The van der Waals surface area contributed by atoms with Gasteiger partial charge in [-0.05, 0) is 51.4 Å². The summed E-state index contributed by atoms with van der Waals surface area (Å²) in [7, 11) is 0. The van der Waals surface area contributed by atoms with Crippen LogP contribution in [0.2, 0.25) is 0 Å². The molecule has 0 saturated carbocycles. The molecule has 61 heavy (non-hydrogen) atoms. The van der Waals surface area contributed by atoms with Crippen LogP contribution in [0.15, 0.2) is 231 Å². The van der Waals surface area contributed by atoms with Crippen molar-refractivity contribution in [1.29, 1.82) is 0 Å². The predicted octanol–water partition coefficient (Wildman–Crippen LogP) is 14.6. The molecule has 0 N–H and O–H groups in total. The highest BCUT2D eigenvalue weighted by atomic mass is 15.2.